The number of alkyl halides is 3. The monoisotopic (exact) mass is 222 g/mol. The predicted octanol–water partition coefficient (Wildman–Crippen LogP) is 1.53. The zero-order chi connectivity index (χ0) is 11.5. The molecule has 84 valence electrons. The molecule has 15 heavy (non-hydrogen) atoms. The van der Waals surface area contributed by atoms with E-state index in [0.29, 0.717) is 0 Å². The molecule has 7 heteroatoms. The van der Waals surface area contributed by atoms with Gasteiger partial charge in [0.25, 0.3) is 0 Å². The highest BCUT2D eigenvalue weighted by Crippen LogP contribution is 2.30. The van der Waals surface area contributed by atoms with Crippen LogP contribution < -0.4 is 0 Å². The van der Waals surface area contributed by atoms with Gasteiger partial charge in [0.1, 0.15) is 0 Å². The molecule has 0 saturated carbocycles. The van der Waals surface area contributed by atoms with Gasteiger partial charge in [-0.15, -0.1) is 0 Å². The number of aromatic nitrogens is 2. The van der Waals surface area contributed by atoms with Crippen molar-refractivity contribution in [3.8, 4) is 0 Å². The number of ether oxygens (including phenoxy) is 1. The highest BCUT2D eigenvalue weighted by atomic mass is 19.4. The zero-order valence-corrected chi connectivity index (χ0v) is 7.89. The number of hydrogen-bond donors (Lipinski definition) is 1. The molecule has 0 aromatic carbocycles. The predicted molar refractivity (Wildman–Crippen MR) is 43.9 cm³/mol. The van der Waals surface area contributed by atoms with Gasteiger partial charge in [0, 0.05) is 11.8 Å². The number of rotatable bonds is 3. The molecule has 4 nitrogen and oxygen atoms in total. The van der Waals surface area contributed by atoms with Crippen LogP contribution in [0.5, 0.6) is 0 Å². The molecule has 1 aromatic rings. The molecule has 0 bridgehead atoms. The minimum Gasteiger partial charge on any atom is -0.466 e. The first-order valence-corrected chi connectivity index (χ1v) is 4.20. The summed E-state index contributed by atoms with van der Waals surface area (Å²) in [5, 5.41) is 5.12. The van der Waals surface area contributed by atoms with E-state index >= 15 is 0 Å². The van der Waals surface area contributed by atoms with E-state index in [4.69, 9.17) is 0 Å². The highest BCUT2D eigenvalue weighted by Gasteiger charge is 2.36. The summed E-state index contributed by atoms with van der Waals surface area (Å²) in [5.74, 6) is -0.704. The zero-order valence-electron chi connectivity index (χ0n) is 7.89. The topological polar surface area (TPSA) is 55.0 Å². The summed E-state index contributed by atoms with van der Waals surface area (Å²) in [6, 6.07) is 0. The summed E-state index contributed by atoms with van der Waals surface area (Å²) in [4.78, 5) is 11.0. The van der Waals surface area contributed by atoms with E-state index in [1.165, 1.54) is 0 Å². The highest BCUT2D eigenvalue weighted by molar-refractivity contribution is 5.72. The van der Waals surface area contributed by atoms with Gasteiger partial charge in [0.05, 0.1) is 13.0 Å². The Bertz CT molecular complexity index is 346. The normalized spacial score (nSPS) is 11.5. The van der Waals surface area contributed by atoms with Gasteiger partial charge in [-0.2, -0.15) is 18.3 Å². The van der Waals surface area contributed by atoms with Crippen molar-refractivity contribution in [2.24, 2.45) is 0 Å². The van der Waals surface area contributed by atoms with Gasteiger partial charge in [-0.1, -0.05) is 0 Å². The van der Waals surface area contributed by atoms with Crippen LogP contribution >= 0.6 is 0 Å². The quantitative estimate of drug-likeness (QED) is 0.789. The van der Waals surface area contributed by atoms with E-state index in [1.807, 2.05) is 0 Å². The van der Waals surface area contributed by atoms with Crippen LogP contribution in [-0.4, -0.2) is 22.8 Å². The Kier molecular flexibility index (Phi) is 3.33. The molecule has 0 atom stereocenters. The van der Waals surface area contributed by atoms with Gasteiger partial charge in [-0.25, -0.2) is 0 Å². The van der Waals surface area contributed by atoms with Crippen molar-refractivity contribution in [2.75, 3.05) is 6.61 Å². The van der Waals surface area contributed by atoms with E-state index in [2.05, 4.69) is 14.9 Å². The number of carbonyl (C=O) groups excluding carboxylic acids is 1. The van der Waals surface area contributed by atoms with Crippen LogP contribution in [0.3, 0.4) is 0 Å². The Morgan fingerprint density at radius 1 is 1.60 bits per heavy atom. The average molecular weight is 222 g/mol. The Balaban J connectivity index is 2.78. The van der Waals surface area contributed by atoms with Gasteiger partial charge < -0.3 is 4.74 Å². The van der Waals surface area contributed by atoms with E-state index in [9.17, 15) is 18.0 Å². The number of esters is 1. The molecule has 1 aromatic heterocycles. The molecule has 1 N–H and O–H groups in total. The summed E-state index contributed by atoms with van der Waals surface area (Å²) in [7, 11) is 0. The molecule has 0 spiro atoms. The molecule has 0 fully saturated rings. The summed E-state index contributed by atoms with van der Waals surface area (Å²) in [6.07, 6.45) is -3.94. The van der Waals surface area contributed by atoms with Gasteiger partial charge >= 0.3 is 12.1 Å². The number of aromatic amines is 1. The van der Waals surface area contributed by atoms with Gasteiger partial charge in [-0.05, 0) is 6.92 Å². The average Bonchev–Trinajstić information content (AvgIpc) is 2.51. The second kappa shape index (κ2) is 4.33. The van der Waals surface area contributed by atoms with Crippen LogP contribution in [0.4, 0.5) is 13.2 Å². The fraction of sp³-hybridized carbons (Fsp3) is 0.500. The summed E-state index contributed by atoms with van der Waals surface area (Å²) in [5.41, 5.74) is -1.28. The van der Waals surface area contributed by atoms with Crippen LogP contribution in [0.25, 0.3) is 0 Å². The number of nitrogens with zero attached hydrogens (tertiary/aromatic N) is 1. The second-order valence-electron chi connectivity index (χ2n) is 2.74. The lowest BCUT2D eigenvalue weighted by Crippen LogP contribution is -2.13. The Hall–Kier alpha value is -1.53. The van der Waals surface area contributed by atoms with Gasteiger partial charge in [-0.3, -0.25) is 9.89 Å². The number of nitrogens with one attached hydrogen (secondary N) is 1. The molecule has 0 amide bonds. The second-order valence-corrected chi connectivity index (χ2v) is 2.74. The smallest absolute Gasteiger partial charge is 0.435 e. The van der Waals surface area contributed by atoms with E-state index in [1.54, 1.807) is 6.92 Å². The first-order chi connectivity index (χ1) is 6.95. The first-order valence-electron chi connectivity index (χ1n) is 4.20. The molecule has 0 radical (unpaired) electrons. The maximum absolute atomic E-state index is 12.3. The molecular weight excluding hydrogens is 213 g/mol. The molecule has 0 aliphatic rings. The van der Waals surface area contributed by atoms with E-state index in [-0.39, 0.29) is 12.2 Å². The molecule has 0 aliphatic heterocycles. The van der Waals surface area contributed by atoms with Crippen molar-refractivity contribution in [2.45, 2.75) is 19.5 Å². The molecule has 1 rings (SSSR count). The Labute approximate surface area is 83.4 Å². The lowest BCUT2D eigenvalue weighted by atomic mass is 10.2. The third-order valence-electron chi connectivity index (χ3n) is 1.63. The van der Waals surface area contributed by atoms with Crippen molar-refractivity contribution >= 4 is 5.97 Å². The largest absolute Gasteiger partial charge is 0.466 e. The Morgan fingerprint density at radius 2 is 2.27 bits per heavy atom. The first kappa shape index (κ1) is 11.5. The van der Waals surface area contributed by atoms with E-state index in [0.717, 1.165) is 6.20 Å². The SMILES string of the molecule is CCOC(=O)Cc1c[nH]nc1C(F)(F)F. The van der Waals surface area contributed by atoms with Crippen molar-refractivity contribution in [3.63, 3.8) is 0 Å². The summed E-state index contributed by atoms with van der Waals surface area (Å²) >= 11 is 0. The fourth-order valence-electron chi connectivity index (χ4n) is 1.06. The molecule has 0 unspecified atom stereocenters. The number of halogens is 3. The standard InChI is InChI=1S/C8H9F3N2O2/c1-2-15-6(14)3-5-4-12-13-7(5)8(9,10)11/h4H,2-3H2,1H3,(H,12,13). The third-order valence-corrected chi connectivity index (χ3v) is 1.63. The third kappa shape index (κ3) is 2.97. The number of carbonyl (C=O) groups is 1. The number of H-pyrrole nitrogens is 1. The van der Waals surface area contributed by atoms with Crippen LogP contribution in [0, 0.1) is 0 Å². The van der Waals surface area contributed by atoms with Crippen LogP contribution in [-0.2, 0) is 22.1 Å². The maximum atomic E-state index is 12.3. The molecule has 1 heterocycles. The summed E-state index contributed by atoms with van der Waals surface area (Å²) < 4.78 is 41.4. The lowest BCUT2D eigenvalue weighted by Gasteiger charge is -2.05. The van der Waals surface area contributed by atoms with Crippen LogP contribution in [0.1, 0.15) is 18.2 Å². The van der Waals surface area contributed by atoms with E-state index < -0.39 is 24.3 Å². The minimum absolute atomic E-state index is 0.137. The molecule has 0 aliphatic carbocycles. The minimum atomic E-state index is -4.55. The van der Waals surface area contributed by atoms with Crippen LogP contribution in [0.2, 0.25) is 0 Å². The maximum Gasteiger partial charge on any atom is 0.435 e. The summed E-state index contributed by atoms with van der Waals surface area (Å²) in [6.45, 7) is 1.72. The van der Waals surface area contributed by atoms with Gasteiger partial charge in [0.15, 0.2) is 5.69 Å². The van der Waals surface area contributed by atoms with Gasteiger partial charge in [0.2, 0.25) is 0 Å². The Morgan fingerprint density at radius 3 is 2.80 bits per heavy atom. The molecule has 0 saturated heterocycles. The fourth-order valence-corrected chi connectivity index (χ4v) is 1.06. The van der Waals surface area contributed by atoms with Crippen LogP contribution in [0.15, 0.2) is 6.20 Å². The lowest BCUT2D eigenvalue weighted by molar-refractivity contribution is -0.144. The van der Waals surface area contributed by atoms with Crippen molar-refractivity contribution in [1.29, 1.82) is 0 Å². The van der Waals surface area contributed by atoms with Crippen molar-refractivity contribution in [1.82, 2.24) is 10.2 Å². The van der Waals surface area contributed by atoms with Crippen molar-refractivity contribution < 1.29 is 22.7 Å². The molecular formula is C8H9F3N2O2. The number of hydrogen-bond acceptors (Lipinski definition) is 3. The van der Waals surface area contributed by atoms with Crippen molar-refractivity contribution in [3.05, 3.63) is 17.5 Å².